The number of carboxylic acids is 1. The zero-order chi connectivity index (χ0) is 14.0. The van der Waals surface area contributed by atoms with Crippen molar-refractivity contribution < 1.29 is 19.1 Å². The lowest BCUT2D eigenvalue weighted by Crippen LogP contribution is -2.00. The second-order valence-electron chi connectivity index (χ2n) is 3.66. The first-order chi connectivity index (χ1) is 9.02. The molecule has 0 atom stereocenters. The number of aromatic carboxylic acids is 1. The Balaban J connectivity index is 2.50. The number of methoxy groups -OCH3 is 1. The predicted octanol–water partition coefficient (Wildman–Crippen LogP) is 3.71. The maximum absolute atomic E-state index is 11.1. The average molecular weight is 391 g/mol. The number of carboxylic acid groups (broad SMARTS) is 1. The molecule has 2 rings (SSSR count). The Morgan fingerprint density at radius 1 is 1.47 bits per heavy atom. The Morgan fingerprint density at radius 2 is 2.21 bits per heavy atom. The van der Waals surface area contributed by atoms with E-state index < -0.39 is 5.97 Å². The van der Waals surface area contributed by atoms with Crippen molar-refractivity contribution in [1.29, 1.82) is 0 Å². The van der Waals surface area contributed by atoms with Gasteiger partial charge in [-0.1, -0.05) is 15.9 Å². The number of oxazole rings is 1. The molecular weight excluding hydrogens is 382 g/mol. The number of hydrogen-bond donors (Lipinski definition) is 1. The summed E-state index contributed by atoms with van der Waals surface area (Å²) in [6.45, 7) is 0.0826. The van der Waals surface area contributed by atoms with Crippen LogP contribution in [0.1, 0.15) is 16.2 Å². The topological polar surface area (TPSA) is 72.6 Å². The van der Waals surface area contributed by atoms with Crippen LogP contribution in [0.25, 0.3) is 11.5 Å². The second kappa shape index (κ2) is 5.85. The molecule has 0 aliphatic rings. The van der Waals surface area contributed by atoms with Crippen molar-refractivity contribution >= 4 is 37.8 Å². The van der Waals surface area contributed by atoms with Gasteiger partial charge in [0.2, 0.25) is 11.7 Å². The third-order valence-electron chi connectivity index (χ3n) is 2.33. The number of carbonyl (C=O) groups is 1. The molecule has 0 spiro atoms. The normalized spacial score (nSPS) is 10.7. The van der Waals surface area contributed by atoms with Crippen molar-refractivity contribution in [3.05, 3.63) is 38.6 Å². The molecule has 1 aromatic carbocycles. The molecule has 0 bridgehead atoms. The van der Waals surface area contributed by atoms with Crippen LogP contribution < -0.4 is 0 Å². The highest BCUT2D eigenvalue weighted by atomic mass is 79.9. The van der Waals surface area contributed by atoms with Crippen LogP contribution in [-0.4, -0.2) is 23.2 Å². The van der Waals surface area contributed by atoms with Crippen LogP contribution in [0.5, 0.6) is 0 Å². The summed E-state index contributed by atoms with van der Waals surface area (Å²) in [7, 11) is 1.47. The van der Waals surface area contributed by atoms with E-state index in [-0.39, 0.29) is 24.0 Å². The van der Waals surface area contributed by atoms with Gasteiger partial charge >= 0.3 is 5.97 Å². The summed E-state index contributed by atoms with van der Waals surface area (Å²) < 4.78 is 11.9. The second-order valence-corrected chi connectivity index (χ2v) is 5.43. The standard InChI is InChI=1S/C12H9Br2NO4/c1-18-5-9-10(12(16)17)19-11(15-9)7-3-2-6(13)4-8(7)14/h2-4H,5H2,1H3,(H,16,17). The first kappa shape index (κ1) is 14.2. The molecule has 19 heavy (non-hydrogen) atoms. The van der Waals surface area contributed by atoms with Crippen molar-refractivity contribution in [2.24, 2.45) is 0 Å². The van der Waals surface area contributed by atoms with Crippen LogP contribution in [0.2, 0.25) is 0 Å². The number of rotatable bonds is 4. The van der Waals surface area contributed by atoms with Gasteiger partial charge in [0, 0.05) is 16.1 Å². The fraction of sp³-hybridized carbons (Fsp3) is 0.167. The quantitative estimate of drug-likeness (QED) is 0.861. The summed E-state index contributed by atoms with van der Waals surface area (Å²) in [6.07, 6.45) is 0. The van der Waals surface area contributed by atoms with Gasteiger partial charge in [-0.2, -0.15) is 0 Å². The molecule has 100 valence electrons. The van der Waals surface area contributed by atoms with E-state index in [9.17, 15) is 4.79 Å². The van der Waals surface area contributed by atoms with Gasteiger partial charge in [0.15, 0.2) is 0 Å². The molecule has 2 aromatic rings. The maximum Gasteiger partial charge on any atom is 0.373 e. The molecule has 0 radical (unpaired) electrons. The van der Waals surface area contributed by atoms with Crippen LogP contribution in [0.3, 0.4) is 0 Å². The van der Waals surface area contributed by atoms with E-state index in [2.05, 4.69) is 36.8 Å². The summed E-state index contributed by atoms with van der Waals surface area (Å²) in [5.41, 5.74) is 0.938. The first-order valence-electron chi connectivity index (χ1n) is 5.20. The van der Waals surface area contributed by atoms with E-state index in [1.165, 1.54) is 7.11 Å². The van der Waals surface area contributed by atoms with Gasteiger partial charge in [0.1, 0.15) is 5.69 Å². The minimum atomic E-state index is -1.17. The molecule has 0 saturated heterocycles. The van der Waals surface area contributed by atoms with E-state index in [4.69, 9.17) is 14.3 Å². The van der Waals surface area contributed by atoms with Crippen molar-refractivity contribution in [2.75, 3.05) is 7.11 Å². The smallest absolute Gasteiger partial charge is 0.373 e. The third-order valence-corrected chi connectivity index (χ3v) is 3.48. The highest BCUT2D eigenvalue weighted by Gasteiger charge is 2.21. The lowest BCUT2D eigenvalue weighted by atomic mass is 10.2. The number of nitrogens with zero attached hydrogens (tertiary/aromatic N) is 1. The first-order valence-corrected chi connectivity index (χ1v) is 6.79. The zero-order valence-corrected chi connectivity index (χ0v) is 13.0. The molecule has 7 heteroatoms. The molecule has 0 amide bonds. The van der Waals surface area contributed by atoms with Crippen LogP contribution >= 0.6 is 31.9 Å². The maximum atomic E-state index is 11.1. The van der Waals surface area contributed by atoms with E-state index >= 15 is 0 Å². The summed E-state index contributed by atoms with van der Waals surface area (Å²) in [5, 5.41) is 9.06. The Bertz CT molecular complexity index is 624. The minimum absolute atomic E-state index is 0.0826. The molecule has 1 heterocycles. The molecule has 0 saturated carbocycles. The fourth-order valence-electron chi connectivity index (χ4n) is 1.53. The molecule has 1 N–H and O–H groups in total. The number of aromatic nitrogens is 1. The van der Waals surface area contributed by atoms with Gasteiger partial charge < -0.3 is 14.3 Å². The highest BCUT2D eigenvalue weighted by molar-refractivity contribution is 9.11. The molecule has 5 nitrogen and oxygen atoms in total. The van der Waals surface area contributed by atoms with E-state index in [0.717, 1.165) is 8.95 Å². The Kier molecular flexibility index (Phi) is 4.38. The highest BCUT2D eigenvalue weighted by Crippen LogP contribution is 2.31. The van der Waals surface area contributed by atoms with Crippen molar-refractivity contribution in [1.82, 2.24) is 4.98 Å². The van der Waals surface area contributed by atoms with Gasteiger partial charge in [-0.25, -0.2) is 9.78 Å². The minimum Gasteiger partial charge on any atom is -0.475 e. The van der Waals surface area contributed by atoms with E-state index in [1.54, 1.807) is 6.07 Å². The molecule has 0 unspecified atom stereocenters. The zero-order valence-electron chi connectivity index (χ0n) is 9.81. The third kappa shape index (κ3) is 3.05. The van der Waals surface area contributed by atoms with Crippen LogP contribution in [-0.2, 0) is 11.3 Å². The largest absolute Gasteiger partial charge is 0.475 e. The Hall–Kier alpha value is -1.18. The SMILES string of the molecule is COCc1nc(-c2ccc(Br)cc2Br)oc1C(=O)O. The molecular formula is C12H9Br2NO4. The van der Waals surface area contributed by atoms with Crippen LogP contribution in [0.15, 0.2) is 31.6 Å². The number of halogens is 2. The number of benzene rings is 1. The van der Waals surface area contributed by atoms with Crippen LogP contribution in [0.4, 0.5) is 0 Å². The average Bonchev–Trinajstić information content (AvgIpc) is 2.73. The van der Waals surface area contributed by atoms with Crippen molar-refractivity contribution in [2.45, 2.75) is 6.61 Å². The monoisotopic (exact) mass is 389 g/mol. The fourth-order valence-corrected chi connectivity index (χ4v) is 2.75. The van der Waals surface area contributed by atoms with Gasteiger partial charge in [-0.3, -0.25) is 0 Å². The van der Waals surface area contributed by atoms with Gasteiger partial charge in [-0.15, -0.1) is 0 Å². The number of hydrogen-bond acceptors (Lipinski definition) is 4. The Morgan fingerprint density at radius 3 is 2.79 bits per heavy atom. The van der Waals surface area contributed by atoms with Crippen LogP contribution in [0, 0.1) is 0 Å². The molecule has 0 aliphatic heterocycles. The molecule has 0 aliphatic carbocycles. The summed E-state index contributed by atoms with van der Waals surface area (Å²) >= 11 is 6.73. The summed E-state index contributed by atoms with van der Waals surface area (Å²) in [4.78, 5) is 15.2. The van der Waals surface area contributed by atoms with Gasteiger partial charge in [-0.05, 0) is 34.1 Å². The predicted molar refractivity (Wildman–Crippen MR) is 75.0 cm³/mol. The number of ether oxygens (including phenoxy) is 1. The lowest BCUT2D eigenvalue weighted by molar-refractivity contribution is 0.0656. The van der Waals surface area contributed by atoms with Gasteiger partial charge in [0.25, 0.3) is 0 Å². The molecule has 0 fully saturated rings. The summed E-state index contributed by atoms with van der Waals surface area (Å²) in [5.74, 6) is -1.13. The van der Waals surface area contributed by atoms with Crippen molar-refractivity contribution in [3.63, 3.8) is 0 Å². The molecule has 1 aromatic heterocycles. The lowest BCUT2D eigenvalue weighted by Gasteiger charge is -1.99. The Labute approximate surface area is 125 Å². The summed E-state index contributed by atoms with van der Waals surface area (Å²) in [6, 6.07) is 5.43. The van der Waals surface area contributed by atoms with E-state index in [1.807, 2.05) is 12.1 Å². The van der Waals surface area contributed by atoms with Gasteiger partial charge in [0.05, 0.1) is 12.2 Å². The van der Waals surface area contributed by atoms with E-state index in [0.29, 0.717) is 5.56 Å². The van der Waals surface area contributed by atoms with Crippen molar-refractivity contribution in [3.8, 4) is 11.5 Å².